The molecule has 4 heteroatoms. The van der Waals surface area contributed by atoms with Crippen LogP contribution in [0.1, 0.15) is 31.2 Å². The van der Waals surface area contributed by atoms with Crippen molar-refractivity contribution in [3.05, 3.63) is 34.9 Å². The normalized spacial score (nSPS) is 23.1. The predicted molar refractivity (Wildman–Crippen MR) is 77.8 cm³/mol. The van der Waals surface area contributed by atoms with Crippen LogP contribution < -0.4 is 11.1 Å². The van der Waals surface area contributed by atoms with E-state index in [1.54, 1.807) is 0 Å². The molecule has 0 aromatic heterocycles. The Balaban J connectivity index is 1.89. The Morgan fingerprint density at radius 1 is 1.37 bits per heavy atom. The lowest BCUT2D eigenvalue weighted by Crippen LogP contribution is -2.39. The van der Waals surface area contributed by atoms with Gasteiger partial charge < -0.3 is 11.1 Å². The fourth-order valence-corrected chi connectivity index (χ4v) is 3.02. The third kappa shape index (κ3) is 3.95. The predicted octanol–water partition coefficient (Wildman–Crippen LogP) is 2.72. The van der Waals surface area contributed by atoms with E-state index >= 15 is 0 Å². The van der Waals surface area contributed by atoms with E-state index in [0.29, 0.717) is 24.0 Å². The minimum atomic E-state index is 0.0814. The van der Waals surface area contributed by atoms with Gasteiger partial charge in [0.1, 0.15) is 0 Å². The molecule has 1 aliphatic carbocycles. The van der Waals surface area contributed by atoms with Crippen molar-refractivity contribution in [3.8, 4) is 0 Å². The molecule has 0 aliphatic heterocycles. The van der Waals surface area contributed by atoms with Gasteiger partial charge in [0.25, 0.3) is 0 Å². The van der Waals surface area contributed by atoms with Gasteiger partial charge in [0, 0.05) is 17.5 Å². The van der Waals surface area contributed by atoms with Crippen LogP contribution in [0.5, 0.6) is 0 Å². The summed E-state index contributed by atoms with van der Waals surface area (Å²) in [6.45, 7) is 1.14. The quantitative estimate of drug-likeness (QED) is 0.891. The number of carbonyl (C=O) groups excluding carboxylic acids is 1. The zero-order chi connectivity index (χ0) is 13.7. The summed E-state index contributed by atoms with van der Waals surface area (Å²) in [6.07, 6.45) is 4.36. The van der Waals surface area contributed by atoms with Gasteiger partial charge in [-0.25, -0.2) is 0 Å². The highest BCUT2D eigenvalue weighted by Crippen LogP contribution is 2.29. The molecular formula is C15H21ClN2O. The minimum absolute atomic E-state index is 0.0814. The summed E-state index contributed by atoms with van der Waals surface area (Å²) in [5.74, 6) is 0.557. The minimum Gasteiger partial charge on any atom is -0.352 e. The second-order valence-corrected chi connectivity index (χ2v) is 5.67. The van der Waals surface area contributed by atoms with Crippen LogP contribution in [-0.4, -0.2) is 12.5 Å². The molecule has 1 aromatic rings. The third-order valence-electron chi connectivity index (χ3n) is 3.90. The summed E-state index contributed by atoms with van der Waals surface area (Å²) in [5.41, 5.74) is 6.79. The van der Waals surface area contributed by atoms with E-state index in [2.05, 4.69) is 5.32 Å². The first-order valence-corrected chi connectivity index (χ1v) is 7.30. The first-order chi connectivity index (χ1) is 9.20. The molecular weight excluding hydrogens is 260 g/mol. The number of nitrogens with two attached hydrogens (primary N) is 1. The molecule has 3 nitrogen and oxygen atoms in total. The Morgan fingerprint density at radius 2 is 2.16 bits per heavy atom. The van der Waals surface area contributed by atoms with Crippen molar-refractivity contribution in [3.63, 3.8) is 0 Å². The maximum absolute atomic E-state index is 12.2. The van der Waals surface area contributed by atoms with Crippen LogP contribution in [0.15, 0.2) is 24.3 Å². The summed E-state index contributed by atoms with van der Waals surface area (Å²) in [6, 6.07) is 7.57. The van der Waals surface area contributed by atoms with Crippen molar-refractivity contribution in [2.24, 2.45) is 17.6 Å². The number of carbonyl (C=O) groups is 1. The molecule has 0 saturated heterocycles. The number of nitrogens with one attached hydrogen (secondary N) is 1. The standard InChI is InChI=1S/C15H21ClN2O/c16-13-6-3-4-11(8-13)10-18-15(19)14-7-2-1-5-12(14)9-17/h3-4,6,8,12,14H,1-2,5,7,9-10,17H2,(H,18,19). The molecule has 1 aromatic carbocycles. The van der Waals surface area contributed by atoms with Crippen LogP contribution in [0.3, 0.4) is 0 Å². The lowest BCUT2D eigenvalue weighted by atomic mass is 9.79. The van der Waals surface area contributed by atoms with Gasteiger partial charge in [-0.1, -0.05) is 36.6 Å². The molecule has 0 bridgehead atoms. The maximum atomic E-state index is 12.2. The van der Waals surface area contributed by atoms with Crippen molar-refractivity contribution < 1.29 is 4.79 Å². The summed E-state index contributed by atoms with van der Waals surface area (Å²) >= 11 is 5.93. The van der Waals surface area contributed by atoms with E-state index in [4.69, 9.17) is 17.3 Å². The number of hydrogen-bond acceptors (Lipinski definition) is 2. The van der Waals surface area contributed by atoms with Gasteiger partial charge >= 0.3 is 0 Å². The van der Waals surface area contributed by atoms with E-state index in [-0.39, 0.29) is 11.8 Å². The van der Waals surface area contributed by atoms with Gasteiger partial charge in [-0.05, 0) is 43.0 Å². The molecule has 0 spiro atoms. The van der Waals surface area contributed by atoms with Crippen molar-refractivity contribution in [1.29, 1.82) is 0 Å². The molecule has 19 heavy (non-hydrogen) atoms. The van der Waals surface area contributed by atoms with Crippen LogP contribution in [0.2, 0.25) is 5.02 Å². The van der Waals surface area contributed by atoms with Gasteiger partial charge in [0.2, 0.25) is 5.91 Å². The highest BCUT2D eigenvalue weighted by Gasteiger charge is 2.29. The van der Waals surface area contributed by atoms with Crippen molar-refractivity contribution in [1.82, 2.24) is 5.32 Å². The largest absolute Gasteiger partial charge is 0.352 e. The lowest BCUT2D eigenvalue weighted by molar-refractivity contribution is -0.127. The molecule has 1 saturated carbocycles. The molecule has 1 amide bonds. The Bertz CT molecular complexity index is 436. The molecule has 0 radical (unpaired) electrons. The van der Waals surface area contributed by atoms with Crippen LogP contribution in [-0.2, 0) is 11.3 Å². The van der Waals surface area contributed by atoms with Gasteiger partial charge in [0.15, 0.2) is 0 Å². The zero-order valence-corrected chi connectivity index (χ0v) is 11.8. The Morgan fingerprint density at radius 3 is 2.89 bits per heavy atom. The lowest BCUT2D eigenvalue weighted by Gasteiger charge is -2.29. The topological polar surface area (TPSA) is 55.1 Å². The smallest absolute Gasteiger partial charge is 0.223 e. The second kappa shape index (κ2) is 6.92. The first kappa shape index (κ1) is 14.4. The SMILES string of the molecule is NCC1CCCCC1C(=O)NCc1cccc(Cl)c1. The molecule has 1 aliphatic rings. The van der Waals surface area contributed by atoms with Crippen LogP contribution >= 0.6 is 11.6 Å². The van der Waals surface area contributed by atoms with Gasteiger partial charge in [-0.15, -0.1) is 0 Å². The molecule has 1 fully saturated rings. The summed E-state index contributed by atoms with van der Waals surface area (Å²) < 4.78 is 0. The van der Waals surface area contributed by atoms with Gasteiger partial charge in [-0.2, -0.15) is 0 Å². The third-order valence-corrected chi connectivity index (χ3v) is 4.14. The molecule has 2 unspecified atom stereocenters. The van der Waals surface area contributed by atoms with E-state index in [1.165, 1.54) is 6.42 Å². The average Bonchev–Trinajstić information content (AvgIpc) is 2.45. The van der Waals surface area contributed by atoms with E-state index in [9.17, 15) is 4.79 Å². The van der Waals surface area contributed by atoms with Crippen molar-refractivity contribution in [2.75, 3.05) is 6.54 Å². The fraction of sp³-hybridized carbons (Fsp3) is 0.533. The van der Waals surface area contributed by atoms with Gasteiger partial charge in [0.05, 0.1) is 0 Å². The fourth-order valence-electron chi connectivity index (χ4n) is 2.80. The van der Waals surface area contributed by atoms with Crippen molar-refractivity contribution in [2.45, 2.75) is 32.2 Å². The summed E-state index contributed by atoms with van der Waals surface area (Å²) in [4.78, 5) is 12.2. The molecule has 104 valence electrons. The molecule has 2 rings (SSSR count). The summed E-state index contributed by atoms with van der Waals surface area (Å²) in [5, 5.41) is 3.71. The zero-order valence-electron chi connectivity index (χ0n) is 11.1. The molecule has 0 heterocycles. The Kier molecular flexibility index (Phi) is 5.23. The van der Waals surface area contributed by atoms with Crippen LogP contribution in [0.4, 0.5) is 0 Å². The number of benzene rings is 1. The first-order valence-electron chi connectivity index (χ1n) is 6.93. The van der Waals surface area contributed by atoms with E-state index in [1.807, 2.05) is 24.3 Å². The highest BCUT2D eigenvalue weighted by molar-refractivity contribution is 6.30. The Labute approximate surface area is 119 Å². The number of rotatable bonds is 4. The maximum Gasteiger partial charge on any atom is 0.223 e. The molecule has 3 N–H and O–H groups in total. The Hall–Kier alpha value is -1.06. The molecule has 2 atom stereocenters. The second-order valence-electron chi connectivity index (χ2n) is 5.23. The van der Waals surface area contributed by atoms with Crippen LogP contribution in [0.25, 0.3) is 0 Å². The highest BCUT2D eigenvalue weighted by atomic mass is 35.5. The number of halogens is 1. The van der Waals surface area contributed by atoms with E-state index in [0.717, 1.165) is 24.8 Å². The number of amides is 1. The van der Waals surface area contributed by atoms with Crippen LogP contribution in [0, 0.1) is 11.8 Å². The van der Waals surface area contributed by atoms with Crippen molar-refractivity contribution >= 4 is 17.5 Å². The number of hydrogen-bond donors (Lipinski definition) is 2. The van der Waals surface area contributed by atoms with E-state index < -0.39 is 0 Å². The monoisotopic (exact) mass is 280 g/mol. The average molecular weight is 281 g/mol. The summed E-state index contributed by atoms with van der Waals surface area (Å²) in [7, 11) is 0. The van der Waals surface area contributed by atoms with Gasteiger partial charge in [-0.3, -0.25) is 4.79 Å².